The smallest absolute Gasteiger partial charge is 0.328 e. The van der Waals surface area contributed by atoms with Gasteiger partial charge in [-0.1, -0.05) is 0 Å². The normalized spacial score (nSPS) is 14.9. The molecule has 0 unspecified atom stereocenters. The number of aliphatic hydroxyl groups excluding tert-OH is 1. The van der Waals surface area contributed by atoms with Crippen LogP contribution in [0.2, 0.25) is 0 Å². The number of amides is 1. The SMILES string of the molecule is C[C@@H](S)C(=O)N[C@@H](CO)C(=O)O. The molecule has 0 aliphatic carbocycles. The Bertz CT molecular complexity index is 182. The number of hydrogen-bond donors (Lipinski definition) is 4. The van der Waals surface area contributed by atoms with Crippen LogP contribution in [-0.4, -0.2) is 40.0 Å². The number of aliphatic hydroxyl groups is 1. The fraction of sp³-hybridized carbons (Fsp3) is 0.667. The first-order chi connectivity index (χ1) is 5.49. The molecule has 2 atom stereocenters. The first kappa shape index (κ1) is 11.2. The van der Waals surface area contributed by atoms with E-state index in [1.54, 1.807) is 0 Å². The molecule has 0 fully saturated rings. The Morgan fingerprint density at radius 3 is 2.33 bits per heavy atom. The van der Waals surface area contributed by atoms with Gasteiger partial charge in [-0.3, -0.25) is 4.79 Å². The fourth-order valence-corrected chi connectivity index (χ4v) is 0.552. The van der Waals surface area contributed by atoms with Crippen molar-refractivity contribution in [3.63, 3.8) is 0 Å². The first-order valence-corrected chi connectivity index (χ1v) is 3.82. The molecule has 0 radical (unpaired) electrons. The molecule has 3 N–H and O–H groups in total. The summed E-state index contributed by atoms with van der Waals surface area (Å²) in [4.78, 5) is 21.1. The molecule has 1 amide bonds. The third-order valence-corrected chi connectivity index (χ3v) is 1.41. The maximum atomic E-state index is 10.9. The zero-order chi connectivity index (χ0) is 9.72. The lowest BCUT2D eigenvalue weighted by atomic mass is 10.3. The summed E-state index contributed by atoms with van der Waals surface area (Å²) in [5.41, 5.74) is 0. The van der Waals surface area contributed by atoms with Gasteiger partial charge in [-0.15, -0.1) is 0 Å². The largest absolute Gasteiger partial charge is 0.480 e. The zero-order valence-electron chi connectivity index (χ0n) is 6.52. The lowest BCUT2D eigenvalue weighted by molar-refractivity contribution is -0.142. The molecule has 0 heterocycles. The van der Waals surface area contributed by atoms with Crippen LogP contribution in [0.15, 0.2) is 0 Å². The quantitative estimate of drug-likeness (QED) is 0.425. The van der Waals surface area contributed by atoms with E-state index < -0.39 is 29.8 Å². The van der Waals surface area contributed by atoms with Crippen LogP contribution < -0.4 is 5.32 Å². The highest BCUT2D eigenvalue weighted by Crippen LogP contribution is 1.93. The minimum absolute atomic E-state index is 0.514. The van der Waals surface area contributed by atoms with Crippen LogP contribution >= 0.6 is 12.6 Å². The highest BCUT2D eigenvalue weighted by molar-refractivity contribution is 7.81. The predicted octanol–water partition coefficient (Wildman–Crippen LogP) is -1.13. The Balaban J connectivity index is 4.03. The van der Waals surface area contributed by atoms with Gasteiger partial charge in [-0.05, 0) is 6.92 Å². The van der Waals surface area contributed by atoms with Crippen molar-refractivity contribution in [1.82, 2.24) is 5.32 Å². The van der Waals surface area contributed by atoms with E-state index in [1.165, 1.54) is 6.92 Å². The maximum absolute atomic E-state index is 10.9. The average molecular weight is 193 g/mol. The van der Waals surface area contributed by atoms with Crippen LogP contribution in [0.5, 0.6) is 0 Å². The molecule has 0 saturated carbocycles. The highest BCUT2D eigenvalue weighted by atomic mass is 32.1. The van der Waals surface area contributed by atoms with Crippen molar-refractivity contribution in [3.05, 3.63) is 0 Å². The third kappa shape index (κ3) is 3.59. The van der Waals surface area contributed by atoms with Gasteiger partial charge in [0.2, 0.25) is 5.91 Å². The van der Waals surface area contributed by atoms with E-state index >= 15 is 0 Å². The number of hydrogen-bond acceptors (Lipinski definition) is 4. The van der Waals surface area contributed by atoms with Gasteiger partial charge in [0.15, 0.2) is 0 Å². The van der Waals surface area contributed by atoms with Gasteiger partial charge < -0.3 is 15.5 Å². The second-order valence-corrected chi connectivity index (χ2v) is 3.03. The molecule has 0 aromatic carbocycles. The number of carbonyl (C=O) groups is 2. The lowest BCUT2D eigenvalue weighted by Crippen LogP contribution is -2.45. The highest BCUT2D eigenvalue weighted by Gasteiger charge is 2.20. The number of nitrogens with one attached hydrogen (secondary N) is 1. The fourth-order valence-electron chi connectivity index (χ4n) is 0.478. The van der Waals surface area contributed by atoms with Gasteiger partial charge in [-0.25, -0.2) is 4.79 Å². The lowest BCUT2D eigenvalue weighted by Gasteiger charge is -2.12. The van der Waals surface area contributed by atoms with Crippen LogP contribution in [0.1, 0.15) is 6.92 Å². The van der Waals surface area contributed by atoms with E-state index in [9.17, 15) is 9.59 Å². The van der Waals surface area contributed by atoms with Gasteiger partial charge in [-0.2, -0.15) is 12.6 Å². The third-order valence-electron chi connectivity index (χ3n) is 1.18. The van der Waals surface area contributed by atoms with Gasteiger partial charge in [0, 0.05) is 0 Å². The Labute approximate surface area is 75.2 Å². The molecular formula is C6H11NO4S. The Morgan fingerprint density at radius 1 is 1.58 bits per heavy atom. The van der Waals surface area contributed by atoms with Gasteiger partial charge in [0.1, 0.15) is 6.04 Å². The second kappa shape index (κ2) is 5.00. The summed E-state index contributed by atoms with van der Waals surface area (Å²) in [6, 6.07) is -1.24. The van der Waals surface area contributed by atoms with Crippen molar-refractivity contribution in [2.24, 2.45) is 0 Å². The van der Waals surface area contributed by atoms with Crippen LogP contribution in [0, 0.1) is 0 Å². The monoisotopic (exact) mass is 193 g/mol. The van der Waals surface area contributed by atoms with Gasteiger partial charge >= 0.3 is 5.97 Å². The molecule has 0 aliphatic rings. The van der Waals surface area contributed by atoms with E-state index in [4.69, 9.17) is 10.2 Å². The molecule has 0 saturated heterocycles. The molecule has 70 valence electrons. The van der Waals surface area contributed by atoms with Crippen molar-refractivity contribution in [1.29, 1.82) is 0 Å². The number of carboxylic acid groups (broad SMARTS) is 1. The van der Waals surface area contributed by atoms with E-state index in [2.05, 4.69) is 17.9 Å². The average Bonchev–Trinajstić information content (AvgIpc) is 1.98. The van der Waals surface area contributed by atoms with Crippen LogP contribution in [-0.2, 0) is 9.59 Å². The van der Waals surface area contributed by atoms with Crippen LogP contribution in [0.25, 0.3) is 0 Å². The molecule has 12 heavy (non-hydrogen) atoms. The van der Waals surface area contributed by atoms with Gasteiger partial charge in [0.25, 0.3) is 0 Å². The summed E-state index contributed by atoms with van der Waals surface area (Å²) in [5, 5.41) is 18.4. The molecule has 0 rings (SSSR count). The Morgan fingerprint density at radius 2 is 2.08 bits per heavy atom. The maximum Gasteiger partial charge on any atom is 0.328 e. The van der Waals surface area contributed by atoms with E-state index in [0.29, 0.717) is 0 Å². The van der Waals surface area contributed by atoms with E-state index in [1.807, 2.05) is 0 Å². The molecule has 0 bridgehead atoms. The molecule has 0 spiro atoms. The Kier molecular flexibility index (Phi) is 4.68. The minimum atomic E-state index is -1.26. The number of aliphatic carboxylic acids is 1. The molecule has 0 aliphatic heterocycles. The van der Waals surface area contributed by atoms with Crippen molar-refractivity contribution in [3.8, 4) is 0 Å². The van der Waals surface area contributed by atoms with Crippen molar-refractivity contribution < 1.29 is 19.8 Å². The van der Waals surface area contributed by atoms with E-state index in [-0.39, 0.29) is 0 Å². The zero-order valence-corrected chi connectivity index (χ0v) is 7.41. The number of thiol groups is 1. The van der Waals surface area contributed by atoms with Crippen molar-refractivity contribution >= 4 is 24.5 Å². The standard InChI is InChI=1S/C6H11NO4S/c1-3(12)5(9)7-4(2-8)6(10)11/h3-4,8,12H,2H2,1H3,(H,7,9)(H,10,11)/t3-,4+/m1/s1. The van der Waals surface area contributed by atoms with Crippen LogP contribution in [0.3, 0.4) is 0 Å². The molecule has 0 aromatic rings. The predicted molar refractivity (Wildman–Crippen MR) is 45.1 cm³/mol. The topological polar surface area (TPSA) is 86.6 Å². The van der Waals surface area contributed by atoms with Crippen LogP contribution in [0.4, 0.5) is 0 Å². The molecule has 0 aromatic heterocycles. The number of carbonyl (C=O) groups excluding carboxylic acids is 1. The van der Waals surface area contributed by atoms with Crippen molar-refractivity contribution in [2.75, 3.05) is 6.61 Å². The number of rotatable bonds is 4. The molecular weight excluding hydrogens is 182 g/mol. The minimum Gasteiger partial charge on any atom is -0.480 e. The first-order valence-electron chi connectivity index (χ1n) is 3.31. The van der Waals surface area contributed by atoms with Gasteiger partial charge in [0.05, 0.1) is 11.9 Å². The van der Waals surface area contributed by atoms with E-state index in [0.717, 1.165) is 0 Å². The summed E-state index contributed by atoms with van der Waals surface area (Å²) in [6.45, 7) is 0.885. The molecule has 5 nitrogen and oxygen atoms in total. The summed E-state index contributed by atoms with van der Waals surface area (Å²) in [7, 11) is 0. The summed E-state index contributed by atoms with van der Waals surface area (Å²) in [5.74, 6) is -1.78. The summed E-state index contributed by atoms with van der Waals surface area (Å²) < 4.78 is 0. The Hall–Kier alpha value is -0.750. The summed E-state index contributed by atoms with van der Waals surface area (Å²) >= 11 is 3.79. The summed E-state index contributed by atoms with van der Waals surface area (Å²) in [6.07, 6.45) is 0. The molecule has 6 heteroatoms. The second-order valence-electron chi connectivity index (χ2n) is 2.26. The van der Waals surface area contributed by atoms with Crippen molar-refractivity contribution in [2.45, 2.75) is 18.2 Å². The number of carboxylic acids is 1.